The summed E-state index contributed by atoms with van der Waals surface area (Å²) >= 11 is 2.18. The summed E-state index contributed by atoms with van der Waals surface area (Å²) in [6.45, 7) is 2.04. The molecular formula is C22H22IN3O3. The van der Waals surface area contributed by atoms with Gasteiger partial charge in [0.25, 0.3) is 5.56 Å². The predicted molar refractivity (Wildman–Crippen MR) is 123 cm³/mol. The minimum atomic E-state index is -0.321. The molecule has 1 aliphatic rings. The number of aliphatic hydroxyl groups is 1. The smallest absolute Gasteiger partial charge is 0.258 e. The van der Waals surface area contributed by atoms with E-state index in [9.17, 15) is 15.0 Å². The van der Waals surface area contributed by atoms with Gasteiger partial charge in [-0.15, -0.1) is 0 Å². The van der Waals surface area contributed by atoms with Crippen molar-refractivity contribution in [1.82, 2.24) is 9.88 Å². The molecule has 150 valence electrons. The van der Waals surface area contributed by atoms with Crippen LogP contribution in [0.2, 0.25) is 0 Å². The summed E-state index contributed by atoms with van der Waals surface area (Å²) in [5, 5.41) is 20.9. The van der Waals surface area contributed by atoms with Crippen molar-refractivity contribution < 1.29 is 10.2 Å². The lowest BCUT2D eigenvalue weighted by Gasteiger charge is -2.22. The molecular weight excluding hydrogens is 481 g/mol. The molecule has 1 atom stereocenters. The molecule has 0 aliphatic carbocycles. The number of benzene rings is 2. The highest BCUT2D eigenvalue weighted by Crippen LogP contribution is 2.24. The van der Waals surface area contributed by atoms with Crippen LogP contribution in [0.5, 0.6) is 5.88 Å². The first-order valence-corrected chi connectivity index (χ1v) is 10.7. The molecule has 1 aromatic heterocycles. The number of hydrogen-bond acceptors (Lipinski definition) is 5. The minimum Gasteiger partial charge on any atom is -0.494 e. The van der Waals surface area contributed by atoms with Crippen molar-refractivity contribution in [1.29, 1.82) is 0 Å². The van der Waals surface area contributed by atoms with E-state index in [2.05, 4.69) is 37.5 Å². The molecule has 1 saturated heterocycles. The molecule has 2 aromatic carbocycles. The van der Waals surface area contributed by atoms with Crippen molar-refractivity contribution in [3.8, 4) is 5.88 Å². The lowest BCUT2D eigenvalue weighted by Crippen LogP contribution is -2.31. The van der Waals surface area contributed by atoms with Gasteiger partial charge in [0, 0.05) is 33.1 Å². The van der Waals surface area contributed by atoms with Gasteiger partial charge in [0.1, 0.15) is 0 Å². The van der Waals surface area contributed by atoms with E-state index in [4.69, 9.17) is 0 Å². The summed E-state index contributed by atoms with van der Waals surface area (Å²) < 4.78 is 0.974. The van der Waals surface area contributed by atoms with E-state index >= 15 is 0 Å². The number of aromatic nitrogens is 1. The van der Waals surface area contributed by atoms with Crippen molar-refractivity contribution >= 4 is 45.3 Å². The molecule has 7 heteroatoms. The molecule has 29 heavy (non-hydrogen) atoms. The van der Waals surface area contributed by atoms with Crippen molar-refractivity contribution in [2.24, 2.45) is 4.99 Å². The van der Waals surface area contributed by atoms with E-state index in [1.807, 2.05) is 36.4 Å². The van der Waals surface area contributed by atoms with Crippen LogP contribution < -0.4 is 5.56 Å². The number of aromatic hydroxyl groups is 1. The molecule has 0 unspecified atom stereocenters. The Morgan fingerprint density at radius 2 is 2.00 bits per heavy atom. The van der Waals surface area contributed by atoms with Crippen LogP contribution >= 0.6 is 22.6 Å². The lowest BCUT2D eigenvalue weighted by atomic mass is 10.1. The Balaban J connectivity index is 1.57. The molecule has 0 spiro atoms. The summed E-state index contributed by atoms with van der Waals surface area (Å²) in [5.74, 6) is -0.186. The largest absolute Gasteiger partial charge is 0.494 e. The number of nitrogens with one attached hydrogen (secondary N) is 1. The van der Waals surface area contributed by atoms with Gasteiger partial charge in [-0.2, -0.15) is 0 Å². The van der Waals surface area contributed by atoms with Crippen LogP contribution in [-0.4, -0.2) is 45.5 Å². The van der Waals surface area contributed by atoms with Crippen LogP contribution in [0, 0.1) is 3.57 Å². The quantitative estimate of drug-likeness (QED) is 0.367. The predicted octanol–water partition coefficient (Wildman–Crippen LogP) is 3.55. The van der Waals surface area contributed by atoms with Gasteiger partial charge in [-0.3, -0.25) is 19.7 Å². The fraction of sp³-hybridized carbons (Fsp3) is 0.273. The normalized spacial score (nSPS) is 17.5. The third kappa shape index (κ3) is 4.36. The molecule has 0 radical (unpaired) electrons. The topological polar surface area (TPSA) is 88.9 Å². The van der Waals surface area contributed by atoms with Crippen LogP contribution in [0.1, 0.15) is 24.0 Å². The fourth-order valence-electron chi connectivity index (χ4n) is 3.81. The van der Waals surface area contributed by atoms with Crippen molar-refractivity contribution in [3.05, 3.63) is 67.5 Å². The Kier molecular flexibility index (Phi) is 5.98. The number of hydrogen-bond donors (Lipinski definition) is 3. The van der Waals surface area contributed by atoms with Crippen molar-refractivity contribution in [2.75, 3.05) is 13.2 Å². The Bertz CT molecular complexity index is 1110. The number of fused-ring (bicyclic) bond motifs is 1. The zero-order valence-corrected chi connectivity index (χ0v) is 18.0. The highest BCUT2D eigenvalue weighted by atomic mass is 127. The highest BCUT2D eigenvalue weighted by Gasteiger charge is 2.23. The number of pyridine rings is 1. The SMILES string of the molecule is O=c1[nH]c(O)c(C=Nc2ccc(CN3CCC[C@H]3CO)cc2)c2cc(I)ccc12. The maximum Gasteiger partial charge on any atom is 0.258 e. The fourth-order valence-corrected chi connectivity index (χ4v) is 4.30. The van der Waals surface area contributed by atoms with Gasteiger partial charge in [0.15, 0.2) is 0 Å². The second kappa shape index (κ2) is 8.64. The summed E-state index contributed by atoms with van der Waals surface area (Å²) in [6, 6.07) is 13.7. The molecule has 4 rings (SSSR count). The van der Waals surface area contributed by atoms with Gasteiger partial charge in [0.05, 0.1) is 17.9 Å². The maximum atomic E-state index is 12.1. The number of halogens is 1. The van der Waals surface area contributed by atoms with Gasteiger partial charge in [-0.1, -0.05) is 12.1 Å². The molecule has 1 aliphatic heterocycles. The van der Waals surface area contributed by atoms with Gasteiger partial charge >= 0.3 is 0 Å². The number of nitrogens with zero attached hydrogens (tertiary/aromatic N) is 2. The first kappa shape index (κ1) is 20.1. The van der Waals surface area contributed by atoms with Crippen LogP contribution in [-0.2, 0) is 6.54 Å². The lowest BCUT2D eigenvalue weighted by molar-refractivity contribution is 0.153. The molecule has 1 fully saturated rings. The van der Waals surface area contributed by atoms with Gasteiger partial charge < -0.3 is 10.2 Å². The summed E-state index contributed by atoms with van der Waals surface area (Å²) in [7, 11) is 0. The van der Waals surface area contributed by atoms with Crippen molar-refractivity contribution in [2.45, 2.75) is 25.4 Å². The number of aromatic amines is 1. The number of likely N-dealkylation sites (tertiary alicyclic amines) is 1. The maximum absolute atomic E-state index is 12.1. The minimum absolute atomic E-state index is 0.186. The van der Waals surface area contributed by atoms with E-state index in [1.165, 1.54) is 5.56 Å². The van der Waals surface area contributed by atoms with E-state index in [1.54, 1.807) is 12.3 Å². The molecule has 3 aromatic rings. The van der Waals surface area contributed by atoms with Gasteiger partial charge in [0.2, 0.25) is 5.88 Å². The standard InChI is InChI=1S/C22H22IN3O3/c23-15-5-8-18-19(10-15)20(22(29)25-21(18)28)11-24-16-6-3-14(4-7-16)12-26-9-1-2-17(26)13-27/h3-8,10-11,17,27H,1-2,9,12-13H2,(H2,25,28,29)/t17-/m0/s1. The Hall–Kier alpha value is -2.23. The van der Waals surface area contributed by atoms with Crippen LogP contribution in [0.25, 0.3) is 10.8 Å². The average molecular weight is 503 g/mol. The molecule has 6 nitrogen and oxygen atoms in total. The Morgan fingerprint density at radius 1 is 1.21 bits per heavy atom. The first-order chi connectivity index (χ1) is 14.0. The monoisotopic (exact) mass is 503 g/mol. The van der Waals surface area contributed by atoms with Crippen LogP contribution in [0.4, 0.5) is 5.69 Å². The van der Waals surface area contributed by atoms with Gasteiger partial charge in [-0.05, 0) is 77.9 Å². The van der Waals surface area contributed by atoms with E-state index in [0.717, 1.165) is 35.2 Å². The van der Waals surface area contributed by atoms with E-state index in [0.29, 0.717) is 16.3 Å². The summed E-state index contributed by atoms with van der Waals surface area (Å²) in [5.41, 5.74) is 2.11. The first-order valence-electron chi connectivity index (χ1n) is 9.57. The van der Waals surface area contributed by atoms with Crippen LogP contribution in [0.3, 0.4) is 0 Å². The van der Waals surface area contributed by atoms with Crippen LogP contribution in [0.15, 0.2) is 52.3 Å². The zero-order valence-electron chi connectivity index (χ0n) is 15.8. The number of H-pyrrole nitrogens is 1. The van der Waals surface area contributed by atoms with E-state index < -0.39 is 0 Å². The van der Waals surface area contributed by atoms with E-state index in [-0.39, 0.29) is 24.1 Å². The third-order valence-electron chi connectivity index (χ3n) is 5.38. The second-order valence-electron chi connectivity index (χ2n) is 7.28. The zero-order chi connectivity index (χ0) is 20.4. The summed E-state index contributed by atoms with van der Waals surface area (Å²) in [6.07, 6.45) is 3.76. The number of aliphatic hydroxyl groups excluding tert-OH is 1. The summed E-state index contributed by atoms with van der Waals surface area (Å²) in [4.78, 5) is 21.4. The van der Waals surface area contributed by atoms with Crippen molar-refractivity contribution in [3.63, 3.8) is 0 Å². The average Bonchev–Trinajstić information content (AvgIpc) is 3.16. The second-order valence-corrected chi connectivity index (χ2v) is 8.53. The Labute approximate surface area is 182 Å². The molecule has 2 heterocycles. The third-order valence-corrected chi connectivity index (χ3v) is 6.05. The van der Waals surface area contributed by atoms with Gasteiger partial charge in [-0.25, -0.2) is 0 Å². The Morgan fingerprint density at radius 3 is 2.76 bits per heavy atom. The number of rotatable bonds is 5. The molecule has 0 amide bonds. The molecule has 0 saturated carbocycles. The highest BCUT2D eigenvalue weighted by molar-refractivity contribution is 14.1. The molecule has 0 bridgehead atoms. The molecule has 3 N–H and O–H groups in total. The number of aliphatic imine (C=N–C) groups is 1.